The third-order valence-electron chi connectivity index (χ3n) is 6.16. The largest absolute Gasteiger partial charge is 0.474 e. The number of nitrogens with two attached hydrogens (primary N) is 1. The van der Waals surface area contributed by atoms with Crippen molar-refractivity contribution >= 4 is 39.9 Å². The molecule has 0 unspecified atom stereocenters. The zero-order valence-electron chi connectivity index (χ0n) is 16.8. The van der Waals surface area contributed by atoms with Crippen molar-refractivity contribution in [1.29, 1.82) is 0 Å². The monoisotopic (exact) mass is 440 g/mol. The van der Waals surface area contributed by atoms with Gasteiger partial charge < -0.3 is 20.5 Å². The van der Waals surface area contributed by atoms with Crippen molar-refractivity contribution in [2.24, 2.45) is 5.73 Å². The number of nitrogens with one attached hydrogen (secondary N) is 1. The minimum absolute atomic E-state index is 0. The molecule has 1 saturated carbocycles. The summed E-state index contributed by atoms with van der Waals surface area (Å²) in [5.74, 6) is 0.495. The second kappa shape index (κ2) is 9.55. The minimum Gasteiger partial charge on any atom is -0.474 e. The third-order valence-corrected chi connectivity index (χ3v) is 7.33. The first-order chi connectivity index (χ1) is 13.6. The van der Waals surface area contributed by atoms with E-state index in [-0.39, 0.29) is 24.4 Å². The highest BCUT2D eigenvalue weighted by atomic mass is 35.5. The topological polar surface area (TPSA) is 99.4 Å². The lowest BCUT2D eigenvalue weighted by molar-refractivity contribution is -0.128. The van der Waals surface area contributed by atoms with Gasteiger partial charge in [0.15, 0.2) is 0 Å². The maximum Gasteiger partial charge on any atom is 0.246 e. The summed E-state index contributed by atoms with van der Waals surface area (Å²) in [6.07, 6.45) is 8.08. The molecule has 1 amide bonds. The number of aromatic nitrogens is 2. The molecule has 9 heteroatoms. The normalized spacial score (nSPS) is 24.7. The average molecular weight is 441 g/mol. The molecular weight excluding hydrogens is 412 g/mol. The van der Waals surface area contributed by atoms with Gasteiger partial charge in [-0.05, 0) is 63.5 Å². The van der Waals surface area contributed by atoms with Gasteiger partial charge in [-0.3, -0.25) is 4.79 Å². The van der Waals surface area contributed by atoms with Gasteiger partial charge in [0.2, 0.25) is 11.8 Å². The Bertz CT molecular complexity index is 854. The number of methoxy groups -OCH3 is 1. The van der Waals surface area contributed by atoms with Crippen LogP contribution in [0.2, 0.25) is 0 Å². The average Bonchev–Trinajstić information content (AvgIpc) is 3.26. The number of aryl methyl sites for hydroxylation is 1. The van der Waals surface area contributed by atoms with Crippen molar-refractivity contribution in [3.8, 4) is 5.88 Å². The Morgan fingerprint density at radius 1 is 1.31 bits per heavy atom. The van der Waals surface area contributed by atoms with Crippen molar-refractivity contribution in [3.05, 3.63) is 16.8 Å². The van der Waals surface area contributed by atoms with Gasteiger partial charge in [0.05, 0.1) is 5.39 Å². The Morgan fingerprint density at radius 3 is 2.72 bits per heavy atom. The number of carbonyl (C=O) groups excluding carboxylic acids is 1. The summed E-state index contributed by atoms with van der Waals surface area (Å²) in [5.41, 5.74) is 6.73. The van der Waals surface area contributed by atoms with Gasteiger partial charge in [0.25, 0.3) is 0 Å². The molecule has 0 aliphatic heterocycles. The first-order valence-corrected chi connectivity index (χ1v) is 10.8. The first kappa shape index (κ1) is 22.2. The molecule has 2 atom stereocenters. The van der Waals surface area contributed by atoms with Crippen LogP contribution < -0.4 is 15.8 Å². The maximum atomic E-state index is 11.7. The van der Waals surface area contributed by atoms with Crippen molar-refractivity contribution in [1.82, 2.24) is 15.3 Å². The Hall–Kier alpha value is -1.48. The molecule has 2 aliphatic carbocycles. The zero-order chi connectivity index (χ0) is 19.7. The summed E-state index contributed by atoms with van der Waals surface area (Å²) in [7, 11) is 3.56. The zero-order valence-corrected chi connectivity index (χ0v) is 18.5. The molecule has 2 aromatic heterocycles. The third kappa shape index (κ3) is 4.50. The predicted octanol–water partition coefficient (Wildman–Crippen LogP) is 2.94. The highest BCUT2D eigenvalue weighted by molar-refractivity contribution is 7.19. The van der Waals surface area contributed by atoms with Crippen molar-refractivity contribution < 1.29 is 14.3 Å². The van der Waals surface area contributed by atoms with Crippen molar-refractivity contribution in [2.75, 3.05) is 14.2 Å². The van der Waals surface area contributed by atoms with E-state index in [4.69, 9.17) is 15.2 Å². The van der Waals surface area contributed by atoms with Crippen LogP contribution >= 0.6 is 23.7 Å². The number of hydrogen-bond acceptors (Lipinski definition) is 7. The van der Waals surface area contributed by atoms with Crippen molar-refractivity contribution in [2.45, 2.75) is 69.1 Å². The predicted molar refractivity (Wildman–Crippen MR) is 116 cm³/mol. The Balaban J connectivity index is 0.00000240. The molecular formula is C20H29ClN4O3S. The van der Waals surface area contributed by atoms with E-state index in [2.05, 4.69) is 15.3 Å². The van der Waals surface area contributed by atoms with E-state index in [0.717, 1.165) is 48.7 Å². The number of fused-ring (bicyclic) bond motifs is 3. The number of carbonyl (C=O) groups is 1. The van der Waals surface area contributed by atoms with Gasteiger partial charge in [0.1, 0.15) is 23.4 Å². The Kier molecular flexibility index (Phi) is 7.32. The Labute approximate surface area is 181 Å². The van der Waals surface area contributed by atoms with Gasteiger partial charge in [-0.1, -0.05) is 0 Å². The SMILES string of the molecule is CNC1CCC(Oc2ncnc3sc4c(c23)[C@@H](C[C@@H](OC)C(N)=O)CC4)CC1.Cl. The minimum atomic E-state index is -0.572. The molecule has 4 rings (SSSR count). The molecule has 0 spiro atoms. The molecule has 0 saturated heterocycles. The summed E-state index contributed by atoms with van der Waals surface area (Å²) in [5, 5.41) is 4.39. The van der Waals surface area contributed by atoms with Crippen LogP contribution in [-0.2, 0) is 16.0 Å². The Morgan fingerprint density at radius 2 is 2.07 bits per heavy atom. The van der Waals surface area contributed by atoms with Crippen LogP contribution in [0.15, 0.2) is 6.33 Å². The van der Waals surface area contributed by atoms with Crippen LogP contribution in [0, 0.1) is 0 Å². The van der Waals surface area contributed by atoms with Gasteiger partial charge in [0, 0.05) is 18.0 Å². The summed E-state index contributed by atoms with van der Waals surface area (Å²) in [4.78, 5) is 22.9. The molecule has 2 aromatic rings. The number of ether oxygens (including phenoxy) is 2. The summed E-state index contributed by atoms with van der Waals surface area (Å²) in [6, 6.07) is 0.583. The number of rotatable bonds is 7. The van der Waals surface area contributed by atoms with E-state index in [9.17, 15) is 4.79 Å². The molecule has 2 heterocycles. The van der Waals surface area contributed by atoms with Crippen LogP contribution in [0.1, 0.15) is 54.9 Å². The summed E-state index contributed by atoms with van der Waals surface area (Å²) in [6.45, 7) is 0. The van der Waals surface area contributed by atoms with E-state index < -0.39 is 12.0 Å². The second-order valence-electron chi connectivity index (χ2n) is 7.78. The van der Waals surface area contributed by atoms with Crippen LogP contribution in [0.5, 0.6) is 5.88 Å². The van der Waals surface area contributed by atoms with E-state index in [0.29, 0.717) is 18.3 Å². The molecule has 3 N–H and O–H groups in total. The summed E-state index contributed by atoms with van der Waals surface area (Å²) < 4.78 is 11.7. The lowest BCUT2D eigenvalue weighted by atomic mass is 9.93. The molecule has 1 fully saturated rings. The lowest BCUT2D eigenvalue weighted by Gasteiger charge is -2.28. The molecule has 160 valence electrons. The first-order valence-electron chi connectivity index (χ1n) is 10.0. The molecule has 0 bridgehead atoms. The lowest BCUT2D eigenvalue weighted by Crippen LogP contribution is -2.34. The van der Waals surface area contributed by atoms with Gasteiger partial charge in [-0.2, -0.15) is 0 Å². The fourth-order valence-corrected chi connectivity index (χ4v) is 5.81. The number of halogens is 1. The smallest absolute Gasteiger partial charge is 0.246 e. The van der Waals surface area contributed by atoms with Crippen LogP contribution in [0.3, 0.4) is 0 Å². The molecule has 2 aliphatic rings. The number of nitrogens with zero attached hydrogens (tertiary/aromatic N) is 2. The number of amides is 1. The molecule has 0 radical (unpaired) electrons. The van der Waals surface area contributed by atoms with Gasteiger partial charge >= 0.3 is 0 Å². The molecule has 7 nitrogen and oxygen atoms in total. The second-order valence-corrected chi connectivity index (χ2v) is 8.86. The van der Waals surface area contributed by atoms with E-state index in [1.807, 2.05) is 7.05 Å². The van der Waals surface area contributed by atoms with E-state index in [1.54, 1.807) is 17.7 Å². The standard InChI is InChI=1S/C20H28N4O3S.ClH/c1-22-12-4-6-13(7-5-12)27-19-17-16-11(9-14(26-2)18(21)25)3-8-15(16)28-20(17)24-10-23-19;/h10-14,22H,3-9H2,1-2H3,(H2,21,25);1H/t11-,12?,13?,14-;/m1./s1. The van der Waals surface area contributed by atoms with Crippen LogP contribution in [0.25, 0.3) is 10.2 Å². The van der Waals surface area contributed by atoms with Crippen LogP contribution in [-0.4, -0.2) is 48.3 Å². The van der Waals surface area contributed by atoms with E-state index >= 15 is 0 Å². The van der Waals surface area contributed by atoms with Crippen LogP contribution in [0.4, 0.5) is 0 Å². The molecule has 0 aromatic carbocycles. The highest BCUT2D eigenvalue weighted by Gasteiger charge is 2.33. The van der Waals surface area contributed by atoms with Gasteiger partial charge in [-0.15, -0.1) is 23.7 Å². The number of primary amides is 1. The van der Waals surface area contributed by atoms with Gasteiger partial charge in [-0.25, -0.2) is 9.97 Å². The quantitative estimate of drug-likeness (QED) is 0.686. The number of hydrogen-bond donors (Lipinski definition) is 2. The highest BCUT2D eigenvalue weighted by Crippen LogP contribution is 2.47. The maximum absolute atomic E-state index is 11.7. The molecule has 29 heavy (non-hydrogen) atoms. The number of thiophene rings is 1. The van der Waals surface area contributed by atoms with E-state index in [1.165, 1.54) is 17.6 Å². The fraction of sp³-hybridized carbons (Fsp3) is 0.650. The fourth-order valence-electron chi connectivity index (χ4n) is 4.58. The van der Waals surface area contributed by atoms with Crippen molar-refractivity contribution in [3.63, 3.8) is 0 Å². The summed E-state index contributed by atoms with van der Waals surface area (Å²) >= 11 is 1.72.